The van der Waals surface area contributed by atoms with Gasteiger partial charge in [0.1, 0.15) is 0 Å². The second-order valence-corrected chi connectivity index (χ2v) is 6.39. The Morgan fingerprint density at radius 1 is 1.23 bits per heavy atom. The van der Waals surface area contributed by atoms with Gasteiger partial charge >= 0.3 is 0 Å². The zero-order chi connectivity index (χ0) is 16.1. The first kappa shape index (κ1) is 16.2. The molecule has 0 saturated heterocycles. The molecular weight excluding hydrogens is 298 g/mol. The Bertz CT molecular complexity index is 661. The molecule has 0 spiro atoms. The highest BCUT2D eigenvalue weighted by atomic mass is 32.2. The number of para-hydroxylation sites is 1. The van der Waals surface area contributed by atoms with E-state index in [4.69, 9.17) is 5.73 Å². The standard InChI is InChI=1S/C16H19N3O2S/c1-18(2)13-7-5-6-12(10-13)16(11-19(20)21)22-15-9-4-3-8-14(15)17/h3-10,16H,11,17H2,1-2H3. The number of benzene rings is 2. The van der Waals surface area contributed by atoms with Crippen LogP contribution in [0, 0.1) is 10.1 Å². The van der Waals surface area contributed by atoms with Crippen LogP contribution in [0.3, 0.4) is 0 Å². The van der Waals surface area contributed by atoms with Crippen molar-refractivity contribution in [1.82, 2.24) is 0 Å². The quantitative estimate of drug-likeness (QED) is 0.382. The molecule has 0 aromatic heterocycles. The van der Waals surface area contributed by atoms with Crippen molar-refractivity contribution in [1.29, 1.82) is 0 Å². The van der Waals surface area contributed by atoms with Gasteiger partial charge in [-0.05, 0) is 29.8 Å². The van der Waals surface area contributed by atoms with Gasteiger partial charge in [-0.3, -0.25) is 10.1 Å². The Kier molecular flexibility index (Phi) is 5.27. The van der Waals surface area contributed by atoms with E-state index in [1.807, 2.05) is 67.5 Å². The van der Waals surface area contributed by atoms with Gasteiger partial charge in [0.25, 0.3) is 0 Å². The predicted octanol–water partition coefficient (Wildman–Crippen LogP) is 3.44. The maximum absolute atomic E-state index is 11.0. The average Bonchev–Trinajstić information content (AvgIpc) is 2.48. The fourth-order valence-electron chi connectivity index (χ4n) is 2.09. The lowest BCUT2D eigenvalue weighted by Crippen LogP contribution is -2.12. The van der Waals surface area contributed by atoms with Crippen LogP contribution in [0.4, 0.5) is 11.4 Å². The molecule has 0 heterocycles. The van der Waals surface area contributed by atoms with Crippen LogP contribution in [0.15, 0.2) is 53.4 Å². The minimum Gasteiger partial charge on any atom is -0.398 e. The normalized spacial score (nSPS) is 11.9. The molecule has 6 heteroatoms. The third kappa shape index (κ3) is 4.14. The third-order valence-corrected chi connectivity index (χ3v) is 4.59. The summed E-state index contributed by atoms with van der Waals surface area (Å²) < 4.78 is 0. The van der Waals surface area contributed by atoms with Crippen molar-refractivity contribution >= 4 is 23.1 Å². The van der Waals surface area contributed by atoms with Gasteiger partial charge in [-0.25, -0.2) is 0 Å². The molecule has 1 atom stereocenters. The lowest BCUT2D eigenvalue weighted by molar-refractivity contribution is -0.479. The number of thioether (sulfide) groups is 1. The smallest absolute Gasteiger partial charge is 0.220 e. The molecule has 0 aliphatic heterocycles. The van der Waals surface area contributed by atoms with Gasteiger partial charge in [-0.2, -0.15) is 0 Å². The molecule has 0 saturated carbocycles. The number of rotatable bonds is 6. The number of anilines is 2. The molecule has 0 amide bonds. The summed E-state index contributed by atoms with van der Waals surface area (Å²) >= 11 is 1.43. The topological polar surface area (TPSA) is 72.4 Å². The van der Waals surface area contributed by atoms with Crippen LogP contribution >= 0.6 is 11.8 Å². The van der Waals surface area contributed by atoms with Crippen molar-refractivity contribution in [2.45, 2.75) is 10.1 Å². The van der Waals surface area contributed by atoms with Crippen LogP contribution in [0.5, 0.6) is 0 Å². The first-order chi connectivity index (χ1) is 10.5. The summed E-state index contributed by atoms with van der Waals surface area (Å²) in [6.07, 6.45) is 0. The molecule has 1 unspecified atom stereocenters. The molecule has 5 nitrogen and oxygen atoms in total. The zero-order valence-corrected chi connectivity index (χ0v) is 13.4. The van der Waals surface area contributed by atoms with Gasteiger partial charge in [0.05, 0.1) is 5.25 Å². The van der Waals surface area contributed by atoms with E-state index < -0.39 is 0 Å². The molecule has 0 bridgehead atoms. The van der Waals surface area contributed by atoms with E-state index in [0.717, 1.165) is 16.1 Å². The Morgan fingerprint density at radius 3 is 2.59 bits per heavy atom. The van der Waals surface area contributed by atoms with Crippen LogP contribution in [-0.4, -0.2) is 25.6 Å². The first-order valence-electron chi connectivity index (χ1n) is 6.87. The molecular formula is C16H19N3O2S. The minimum absolute atomic E-state index is 0.143. The molecule has 2 aromatic carbocycles. The average molecular weight is 317 g/mol. The van der Waals surface area contributed by atoms with Crippen molar-refractivity contribution in [3.63, 3.8) is 0 Å². The van der Waals surface area contributed by atoms with Crippen LogP contribution in [0.2, 0.25) is 0 Å². The lowest BCUT2D eigenvalue weighted by atomic mass is 10.1. The lowest BCUT2D eigenvalue weighted by Gasteiger charge is -2.18. The van der Waals surface area contributed by atoms with Gasteiger partial charge in [0.15, 0.2) is 0 Å². The van der Waals surface area contributed by atoms with Crippen LogP contribution in [0.1, 0.15) is 10.8 Å². The first-order valence-corrected chi connectivity index (χ1v) is 7.75. The molecule has 0 aliphatic carbocycles. The maximum atomic E-state index is 11.0. The van der Waals surface area contributed by atoms with E-state index >= 15 is 0 Å². The van der Waals surface area contributed by atoms with Crippen molar-refractivity contribution < 1.29 is 4.92 Å². The van der Waals surface area contributed by atoms with E-state index in [9.17, 15) is 10.1 Å². The van der Waals surface area contributed by atoms with Gasteiger partial charge in [-0.15, -0.1) is 11.8 Å². The Morgan fingerprint density at radius 2 is 1.95 bits per heavy atom. The van der Waals surface area contributed by atoms with Gasteiger partial charge in [-0.1, -0.05) is 24.3 Å². The molecule has 0 aliphatic rings. The monoisotopic (exact) mass is 317 g/mol. The van der Waals surface area contributed by atoms with E-state index in [1.54, 1.807) is 0 Å². The minimum atomic E-state index is -0.279. The molecule has 2 N–H and O–H groups in total. The predicted molar refractivity (Wildman–Crippen MR) is 92.1 cm³/mol. The fourth-order valence-corrected chi connectivity index (χ4v) is 3.24. The highest BCUT2D eigenvalue weighted by Crippen LogP contribution is 2.38. The Balaban J connectivity index is 2.32. The van der Waals surface area contributed by atoms with Crippen LogP contribution < -0.4 is 10.6 Å². The third-order valence-electron chi connectivity index (χ3n) is 3.26. The molecule has 2 aromatic rings. The SMILES string of the molecule is CN(C)c1cccc(C(C[N+](=O)[O-])Sc2ccccc2N)c1. The van der Waals surface area contributed by atoms with E-state index in [0.29, 0.717) is 5.69 Å². The second-order valence-electron chi connectivity index (χ2n) is 5.15. The maximum Gasteiger partial charge on any atom is 0.220 e. The van der Waals surface area contributed by atoms with Gasteiger partial charge in [0.2, 0.25) is 6.54 Å². The van der Waals surface area contributed by atoms with E-state index in [-0.39, 0.29) is 16.7 Å². The summed E-state index contributed by atoms with van der Waals surface area (Å²) in [6.45, 7) is -0.143. The summed E-state index contributed by atoms with van der Waals surface area (Å²) in [7, 11) is 3.90. The molecule has 116 valence electrons. The van der Waals surface area contributed by atoms with Crippen molar-refractivity contribution in [3.05, 3.63) is 64.2 Å². The van der Waals surface area contributed by atoms with Gasteiger partial charge < -0.3 is 10.6 Å². The highest BCUT2D eigenvalue weighted by Gasteiger charge is 2.20. The van der Waals surface area contributed by atoms with E-state index in [2.05, 4.69) is 0 Å². The molecule has 22 heavy (non-hydrogen) atoms. The molecule has 2 rings (SSSR count). The molecule has 0 fully saturated rings. The second kappa shape index (κ2) is 7.17. The summed E-state index contributed by atoms with van der Waals surface area (Å²) in [5.41, 5.74) is 8.55. The Hall–Kier alpha value is -2.21. The van der Waals surface area contributed by atoms with Crippen molar-refractivity contribution in [2.24, 2.45) is 0 Å². The summed E-state index contributed by atoms with van der Waals surface area (Å²) in [5, 5.41) is 10.7. The fraction of sp³-hybridized carbons (Fsp3) is 0.250. The zero-order valence-electron chi connectivity index (χ0n) is 12.6. The number of nitrogens with zero attached hydrogens (tertiary/aromatic N) is 2. The largest absolute Gasteiger partial charge is 0.398 e. The van der Waals surface area contributed by atoms with E-state index in [1.165, 1.54) is 11.8 Å². The van der Waals surface area contributed by atoms with Gasteiger partial charge in [0, 0.05) is 35.3 Å². The summed E-state index contributed by atoms with van der Waals surface area (Å²) in [4.78, 5) is 13.6. The Labute approximate surface area is 134 Å². The number of hydrogen-bond donors (Lipinski definition) is 1. The van der Waals surface area contributed by atoms with Crippen LogP contribution in [0.25, 0.3) is 0 Å². The number of nitrogens with two attached hydrogens (primary N) is 1. The number of hydrogen-bond acceptors (Lipinski definition) is 5. The van der Waals surface area contributed by atoms with Crippen molar-refractivity contribution in [2.75, 3.05) is 31.3 Å². The highest BCUT2D eigenvalue weighted by molar-refractivity contribution is 7.99. The molecule has 0 radical (unpaired) electrons. The number of nitrogen functional groups attached to an aromatic ring is 1. The summed E-state index contributed by atoms with van der Waals surface area (Å²) in [6, 6.07) is 15.3. The summed E-state index contributed by atoms with van der Waals surface area (Å²) in [5.74, 6) is 0. The number of nitro groups is 1. The van der Waals surface area contributed by atoms with Crippen molar-refractivity contribution in [3.8, 4) is 0 Å². The van der Waals surface area contributed by atoms with Crippen LogP contribution in [-0.2, 0) is 0 Å².